The topological polar surface area (TPSA) is 32.3 Å². The van der Waals surface area contributed by atoms with Gasteiger partial charge in [-0.3, -0.25) is 0 Å². The van der Waals surface area contributed by atoms with E-state index in [1.807, 2.05) is 0 Å². The van der Waals surface area contributed by atoms with E-state index >= 15 is 0 Å². The second-order valence-electron chi connectivity index (χ2n) is 3.47. The highest BCUT2D eigenvalue weighted by Crippen LogP contribution is 2.33. The zero-order chi connectivity index (χ0) is 10.1. The monoisotopic (exact) mass is 215 g/mol. The van der Waals surface area contributed by atoms with Crippen LogP contribution in [0, 0.1) is 5.82 Å². The quantitative estimate of drug-likeness (QED) is 0.755. The van der Waals surface area contributed by atoms with E-state index in [0.29, 0.717) is 5.56 Å². The predicted octanol–water partition coefficient (Wildman–Crippen LogP) is 2.61. The summed E-state index contributed by atoms with van der Waals surface area (Å²) in [5.74, 6) is -0.413. The Labute approximate surface area is 86.7 Å². The van der Waals surface area contributed by atoms with Gasteiger partial charge in [0.1, 0.15) is 11.6 Å². The van der Waals surface area contributed by atoms with Crippen molar-refractivity contribution in [3.05, 3.63) is 28.5 Å². The highest BCUT2D eigenvalue weighted by molar-refractivity contribution is 6.30. The van der Waals surface area contributed by atoms with Gasteiger partial charge in [-0.15, -0.1) is 0 Å². The van der Waals surface area contributed by atoms with Gasteiger partial charge < -0.3 is 10.4 Å². The molecule has 2 nitrogen and oxygen atoms in total. The first-order chi connectivity index (χ1) is 6.68. The third-order valence-corrected chi connectivity index (χ3v) is 2.79. The summed E-state index contributed by atoms with van der Waals surface area (Å²) in [5.41, 5.74) is 0.601. The SMILES string of the molecule is Oc1cc(Cl)c(F)cc1[C@@H]1CCCN1. The first-order valence-corrected chi connectivity index (χ1v) is 4.97. The Hall–Kier alpha value is -0.800. The minimum absolute atomic E-state index is 0.0377. The molecule has 1 aromatic carbocycles. The van der Waals surface area contributed by atoms with Crippen molar-refractivity contribution in [2.75, 3.05) is 6.54 Å². The molecule has 0 spiro atoms. The average Bonchev–Trinajstić information content (AvgIpc) is 2.64. The van der Waals surface area contributed by atoms with Crippen LogP contribution in [-0.4, -0.2) is 11.7 Å². The van der Waals surface area contributed by atoms with Crippen molar-refractivity contribution in [1.29, 1.82) is 0 Å². The van der Waals surface area contributed by atoms with Gasteiger partial charge in [-0.2, -0.15) is 0 Å². The molecule has 0 radical (unpaired) electrons. The third-order valence-electron chi connectivity index (χ3n) is 2.51. The van der Waals surface area contributed by atoms with E-state index in [2.05, 4.69) is 5.32 Å². The number of halogens is 2. The van der Waals surface area contributed by atoms with Crippen LogP contribution in [0.3, 0.4) is 0 Å². The standard InChI is InChI=1S/C10H11ClFNO/c11-7-5-10(14)6(4-8(7)12)9-2-1-3-13-9/h4-5,9,13-14H,1-3H2/t9-/m0/s1. The second-order valence-corrected chi connectivity index (χ2v) is 3.88. The summed E-state index contributed by atoms with van der Waals surface area (Å²) in [5, 5.41) is 12.7. The Morgan fingerprint density at radius 2 is 2.29 bits per heavy atom. The maximum absolute atomic E-state index is 13.1. The predicted molar refractivity (Wildman–Crippen MR) is 53.1 cm³/mol. The van der Waals surface area contributed by atoms with Gasteiger partial charge in [0.05, 0.1) is 5.02 Å². The molecule has 14 heavy (non-hydrogen) atoms. The van der Waals surface area contributed by atoms with Crippen molar-refractivity contribution in [1.82, 2.24) is 5.32 Å². The van der Waals surface area contributed by atoms with Crippen LogP contribution in [0.4, 0.5) is 4.39 Å². The molecule has 1 aliphatic heterocycles. The van der Waals surface area contributed by atoms with Gasteiger partial charge in [0.15, 0.2) is 0 Å². The van der Waals surface area contributed by atoms with Gasteiger partial charge in [-0.1, -0.05) is 11.6 Å². The molecule has 1 fully saturated rings. The Balaban J connectivity index is 2.37. The Bertz CT molecular complexity index is 350. The molecule has 0 saturated carbocycles. The third kappa shape index (κ3) is 1.70. The highest BCUT2D eigenvalue weighted by Gasteiger charge is 2.20. The van der Waals surface area contributed by atoms with Crippen LogP contribution in [0.15, 0.2) is 12.1 Å². The molecule has 0 aliphatic carbocycles. The Kier molecular flexibility index (Phi) is 2.61. The van der Waals surface area contributed by atoms with Gasteiger partial charge in [0.25, 0.3) is 0 Å². The van der Waals surface area contributed by atoms with Crippen LogP contribution in [0.25, 0.3) is 0 Å². The van der Waals surface area contributed by atoms with E-state index in [4.69, 9.17) is 11.6 Å². The molecule has 2 rings (SSSR count). The van der Waals surface area contributed by atoms with E-state index in [1.54, 1.807) is 0 Å². The zero-order valence-electron chi connectivity index (χ0n) is 7.56. The number of hydrogen-bond acceptors (Lipinski definition) is 2. The molecule has 1 heterocycles. The summed E-state index contributed by atoms with van der Waals surface area (Å²) in [6, 6.07) is 2.62. The molecule has 0 bridgehead atoms. The second kappa shape index (κ2) is 3.75. The largest absolute Gasteiger partial charge is 0.508 e. The number of hydrogen-bond donors (Lipinski definition) is 2. The summed E-state index contributed by atoms with van der Waals surface area (Å²) < 4.78 is 13.1. The maximum atomic E-state index is 13.1. The molecular formula is C10H11ClFNO. The molecule has 4 heteroatoms. The number of aromatic hydroxyl groups is 1. The van der Waals surface area contributed by atoms with Crippen LogP contribution in [0.2, 0.25) is 5.02 Å². The van der Waals surface area contributed by atoms with Gasteiger partial charge in [-0.25, -0.2) is 4.39 Å². The molecule has 1 atom stereocenters. The van der Waals surface area contributed by atoms with Crippen LogP contribution < -0.4 is 5.32 Å². The van der Waals surface area contributed by atoms with E-state index in [9.17, 15) is 9.50 Å². The molecular weight excluding hydrogens is 205 g/mol. The van der Waals surface area contributed by atoms with Gasteiger partial charge in [-0.05, 0) is 25.5 Å². The van der Waals surface area contributed by atoms with Crippen LogP contribution >= 0.6 is 11.6 Å². The average molecular weight is 216 g/mol. The minimum atomic E-state index is -0.479. The van der Waals surface area contributed by atoms with E-state index < -0.39 is 5.82 Å². The van der Waals surface area contributed by atoms with E-state index in [0.717, 1.165) is 19.4 Å². The molecule has 76 valence electrons. The maximum Gasteiger partial charge on any atom is 0.142 e. The number of nitrogens with one attached hydrogen (secondary N) is 1. The lowest BCUT2D eigenvalue weighted by molar-refractivity contribution is 0.454. The lowest BCUT2D eigenvalue weighted by atomic mass is 10.0. The molecule has 1 saturated heterocycles. The van der Waals surface area contributed by atoms with Crippen LogP contribution in [0.5, 0.6) is 5.75 Å². The van der Waals surface area contributed by atoms with Crippen molar-refractivity contribution >= 4 is 11.6 Å². The summed E-state index contributed by atoms with van der Waals surface area (Å²) in [7, 11) is 0. The fourth-order valence-electron chi connectivity index (χ4n) is 1.78. The van der Waals surface area contributed by atoms with Crippen molar-refractivity contribution < 1.29 is 9.50 Å². The zero-order valence-corrected chi connectivity index (χ0v) is 8.31. The van der Waals surface area contributed by atoms with Gasteiger partial charge in [0.2, 0.25) is 0 Å². The lowest BCUT2D eigenvalue weighted by Crippen LogP contribution is -2.13. The molecule has 0 amide bonds. The lowest BCUT2D eigenvalue weighted by Gasteiger charge is -2.12. The first kappa shape index (κ1) is 9.74. The fourth-order valence-corrected chi connectivity index (χ4v) is 1.94. The number of phenolic OH excluding ortho intramolecular Hbond substituents is 1. The van der Waals surface area contributed by atoms with Crippen LogP contribution in [-0.2, 0) is 0 Å². The minimum Gasteiger partial charge on any atom is -0.508 e. The van der Waals surface area contributed by atoms with Crippen molar-refractivity contribution in [3.8, 4) is 5.75 Å². The molecule has 1 aliphatic rings. The number of benzene rings is 1. The first-order valence-electron chi connectivity index (χ1n) is 4.60. The number of phenols is 1. The van der Waals surface area contributed by atoms with Crippen molar-refractivity contribution in [3.63, 3.8) is 0 Å². The Morgan fingerprint density at radius 3 is 2.93 bits per heavy atom. The summed E-state index contributed by atoms with van der Waals surface area (Å²) >= 11 is 5.54. The summed E-state index contributed by atoms with van der Waals surface area (Å²) in [6.45, 7) is 0.911. The molecule has 0 unspecified atom stereocenters. The molecule has 1 aromatic rings. The van der Waals surface area contributed by atoms with Crippen LogP contribution in [0.1, 0.15) is 24.4 Å². The molecule has 0 aromatic heterocycles. The summed E-state index contributed by atoms with van der Waals surface area (Å²) in [6.07, 6.45) is 1.98. The number of rotatable bonds is 1. The van der Waals surface area contributed by atoms with Gasteiger partial charge >= 0.3 is 0 Å². The van der Waals surface area contributed by atoms with Crippen molar-refractivity contribution in [2.45, 2.75) is 18.9 Å². The van der Waals surface area contributed by atoms with E-state index in [1.165, 1.54) is 12.1 Å². The fraction of sp³-hybridized carbons (Fsp3) is 0.400. The van der Waals surface area contributed by atoms with Crippen molar-refractivity contribution in [2.24, 2.45) is 0 Å². The molecule has 2 N–H and O–H groups in total. The smallest absolute Gasteiger partial charge is 0.142 e. The summed E-state index contributed by atoms with van der Waals surface area (Å²) in [4.78, 5) is 0. The Morgan fingerprint density at radius 1 is 1.50 bits per heavy atom. The normalized spacial score (nSPS) is 21.4. The highest BCUT2D eigenvalue weighted by atomic mass is 35.5. The van der Waals surface area contributed by atoms with E-state index in [-0.39, 0.29) is 16.8 Å². The van der Waals surface area contributed by atoms with Gasteiger partial charge in [0, 0.05) is 17.7 Å².